The van der Waals surface area contributed by atoms with E-state index < -0.39 is 0 Å². The molecule has 0 spiro atoms. The van der Waals surface area contributed by atoms with Crippen molar-refractivity contribution < 1.29 is 33.4 Å². The zero-order valence-corrected chi connectivity index (χ0v) is 36.1. The first-order valence-corrected chi connectivity index (χ1v) is 22.5. The molecule has 1 N–H and O–H groups in total. The van der Waals surface area contributed by atoms with Crippen LogP contribution in [-0.4, -0.2) is 113 Å². The number of carbonyl (C=O) groups is 4. The Hall–Kier alpha value is -1.51. The van der Waals surface area contributed by atoms with Crippen molar-refractivity contribution in [1.82, 2.24) is 18.2 Å². The molecule has 6 rings (SSSR count). The zero-order chi connectivity index (χ0) is 38.7. The number of rotatable bonds is 23. The highest BCUT2D eigenvalue weighted by molar-refractivity contribution is 14.1. The Labute approximate surface area is 339 Å². The minimum absolute atomic E-state index is 0.0865. The van der Waals surface area contributed by atoms with Crippen LogP contribution >= 0.6 is 22.9 Å². The number of hydrogen-bond donors (Lipinski definition) is 1. The largest absolute Gasteiger partial charge is 0.380 e. The molecule has 0 aliphatic heterocycles. The van der Waals surface area contributed by atoms with Crippen molar-refractivity contribution in [3.05, 3.63) is 0 Å². The van der Waals surface area contributed by atoms with E-state index in [9.17, 15) is 19.2 Å². The molecule has 6 bridgehead atoms. The predicted molar refractivity (Wildman–Crippen MR) is 218 cm³/mol. The molecule has 2 unspecified atom stereocenters. The molecular weight excluding hydrogens is 799 g/mol. The number of nitrogens with zero attached hydrogens (tertiary/aromatic N) is 3. The summed E-state index contributed by atoms with van der Waals surface area (Å²) in [6.07, 6.45) is 15.4. The molecule has 4 amide bonds. The maximum Gasteiger partial charge on any atom is 0.241 e. The molecule has 2 atom stereocenters. The Bertz CT molecular complexity index is 1200. The molecule has 6 aliphatic carbocycles. The van der Waals surface area contributed by atoms with Crippen LogP contribution in [0.15, 0.2) is 0 Å². The minimum Gasteiger partial charge on any atom is -0.380 e. The van der Waals surface area contributed by atoms with Gasteiger partial charge in [-0.15, -0.1) is 0 Å². The van der Waals surface area contributed by atoms with E-state index in [0.717, 1.165) is 75.0 Å². The highest BCUT2D eigenvalue weighted by Gasteiger charge is 2.52. The second-order valence-electron chi connectivity index (χ2n) is 17.9. The van der Waals surface area contributed by atoms with Crippen LogP contribution in [0, 0.1) is 35.5 Å². The van der Waals surface area contributed by atoms with Crippen molar-refractivity contribution in [3.8, 4) is 0 Å². The Kier molecular flexibility index (Phi) is 16.8. The fraction of sp³-hybridized carbons (Fsp3) is 0.905. The van der Waals surface area contributed by atoms with E-state index in [-0.39, 0.29) is 47.5 Å². The molecule has 11 nitrogen and oxygen atoms in total. The van der Waals surface area contributed by atoms with Crippen LogP contribution in [0.1, 0.15) is 130 Å². The third-order valence-electron chi connectivity index (χ3n) is 13.3. The SMILES string of the molecule is CCCOCCN(CCOCCOCCN(CCC)C(=O)CC(=O)NC12CC3CC(CC(C3)C1)C2)C(=O)CC(=O)N(I)C1(CC)CC2CC(C)CC(C2)C1. The first-order valence-electron chi connectivity index (χ1n) is 21.6. The van der Waals surface area contributed by atoms with Gasteiger partial charge in [0.05, 0.1) is 61.4 Å². The van der Waals surface area contributed by atoms with Gasteiger partial charge in [0.15, 0.2) is 0 Å². The lowest BCUT2D eigenvalue weighted by molar-refractivity contribution is -0.142. The van der Waals surface area contributed by atoms with Gasteiger partial charge in [0.1, 0.15) is 12.8 Å². The van der Waals surface area contributed by atoms with Crippen LogP contribution in [-0.2, 0) is 33.4 Å². The Morgan fingerprint density at radius 1 is 0.593 bits per heavy atom. The van der Waals surface area contributed by atoms with Crippen molar-refractivity contribution >= 4 is 46.5 Å². The molecule has 0 saturated heterocycles. The van der Waals surface area contributed by atoms with Crippen LogP contribution in [0.5, 0.6) is 0 Å². The minimum atomic E-state index is -0.190. The molecule has 0 aromatic heterocycles. The van der Waals surface area contributed by atoms with Gasteiger partial charge in [0.2, 0.25) is 23.6 Å². The molecule has 54 heavy (non-hydrogen) atoms. The van der Waals surface area contributed by atoms with Crippen LogP contribution in [0.3, 0.4) is 0 Å². The average Bonchev–Trinajstić information content (AvgIpc) is 3.11. The van der Waals surface area contributed by atoms with E-state index in [2.05, 4.69) is 49.0 Å². The lowest BCUT2D eigenvalue weighted by atomic mass is 9.53. The maximum absolute atomic E-state index is 13.6. The molecular formula is C42H71IN4O7. The Balaban J connectivity index is 0.996. The topological polar surface area (TPSA) is 118 Å². The number of hydrogen-bond acceptors (Lipinski definition) is 7. The fourth-order valence-electron chi connectivity index (χ4n) is 11.5. The first-order chi connectivity index (χ1) is 26.0. The second-order valence-corrected chi connectivity index (χ2v) is 18.9. The van der Waals surface area contributed by atoms with Gasteiger partial charge in [0.25, 0.3) is 0 Å². The number of amides is 4. The van der Waals surface area contributed by atoms with Crippen molar-refractivity contribution in [2.24, 2.45) is 35.5 Å². The highest BCUT2D eigenvalue weighted by atomic mass is 127. The van der Waals surface area contributed by atoms with E-state index in [1.807, 2.05) is 10.0 Å². The standard InChI is InChI=1S/C42H71IN4O7/c1-5-8-45(38(49)24-37(48)44-41-26-34-21-35(27-41)23-36(22-34)28-41)9-14-53-16-17-54-15-11-46(10-13-52-12-6-2)39(50)25-40(51)47(43)42(7-3)29-32-18-31(4)19-33(20-32)30-42/h31-36H,5-30H2,1-4H3,(H,44,48). The summed E-state index contributed by atoms with van der Waals surface area (Å²) in [6.45, 7) is 12.9. The van der Waals surface area contributed by atoms with Crippen molar-refractivity contribution in [2.45, 2.75) is 142 Å². The van der Waals surface area contributed by atoms with Gasteiger partial charge < -0.3 is 29.3 Å². The quantitative estimate of drug-likeness (QED) is 0.0536. The van der Waals surface area contributed by atoms with Crippen molar-refractivity contribution in [3.63, 3.8) is 0 Å². The number of halogens is 1. The summed E-state index contributed by atoms with van der Waals surface area (Å²) < 4.78 is 19.3. The normalized spacial score (nSPS) is 30.9. The summed E-state index contributed by atoms with van der Waals surface area (Å²) in [7, 11) is 0. The smallest absolute Gasteiger partial charge is 0.241 e. The van der Waals surface area contributed by atoms with E-state index in [4.69, 9.17) is 14.2 Å². The Morgan fingerprint density at radius 2 is 1.06 bits per heavy atom. The van der Waals surface area contributed by atoms with E-state index in [1.165, 1.54) is 38.5 Å². The van der Waals surface area contributed by atoms with Gasteiger partial charge in [-0.1, -0.05) is 27.7 Å². The zero-order valence-electron chi connectivity index (χ0n) is 33.9. The molecule has 0 radical (unpaired) electrons. The van der Waals surface area contributed by atoms with Gasteiger partial charge in [-0.25, -0.2) is 0 Å². The van der Waals surface area contributed by atoms with Gasteiger partial charge in [0, 0.05) is 38.3 Å². The summed E-state index contributed by atoms with van der Waals surface area (Å²) >= 11 is 2.20. The van der Waals surface area contributed by atoms with Crippen molar-refractivity contribution in [2.75, 3.05) is 65.8 Å². The number of fused-ring (bicyclic) bond motifs is 2. The lowest BCUT2D eigenvalue weighted by Gasteiger charge is -2.56. The van der Waals surface area contributed by atoms with Gasteiger partial charge in [-0.2, -0.15) is 0 Å². The van der Waals surface area contributed by atoms with Gasteiger partial charge in [-0.05, 0) is 125 Å². The number of carbonyl (C=O) groups excluding carboxylic acids is 4. The van der Waals surface area contributed by atoms with Crippen LogP contribution in [0.2, 0.25) is 0 Å². The van der Waals surface area contributed by atoms with Gasteiger partial charge in [-0.3, -0.25) is 22.3 Å². The second kappa shape index (κ2) is 20.8. The van der Waals surface area contributed by atoms with E-state index in [0.29, 0.717) is 77.7 Å². The molecule has 6 saturated carbocycles. The maximum atomic E-state index is 13.6. The van der Waals surface area contributed by atoms with Crippen LogP contribution in [0.4, 0.5) is 0 Å². The molecule has 6 aliphatic rings. The summed E-state index contributed by atoms with van der Waals surface area (Å²) in [5.74, 6) is 3.72. The predicted octanol–water partition coefficient (Wildman–Crippen LogP) is 6.55. The average molecular weight is 871 g/mol. The fourth-order valence-corrected chi connectivity index (χ4v) is 12.4. The van der Waals surface area contributed by atoms with E-state index >= 15 is 0 Å². The van der Waals surface area contributed by atoms with Crippen LogP contribution < -0.4 is 5.32 Å². The first kappa shape index (κ1) is 43.6. The third-order valence-corrected chi connectivity index (χ3v) is 14.8. The molecule has 0 aromatic carbocycles. The Morgan fingerprint density at radius 3 is 1.54 bits per heavy atom. The molecule has 6 fully saturated rings. The van der Waals surface area contributed by atoms with Crippen LogP contribution in [0.25, 0.3) is 0 Å². The summed E-state index contributed by atoms with van der Waals surface area (Å²) in [5, 5.41) is 3.33. The molecule has 308 valence electrons. The third kappa shape index (κ3) is 12.0. The van der Waals surface area contributed by atoms with E-state index in [1.54, 1.807) is 9.80 Å². The summed E-state index contributed by atoms with van der Waals surface area (Å²) in [5.41, 5.74) is -0.260. The molecule has 0 heterocycles. The molecule has 0 aromatic rings. The summed E-state index contributed by atoms with van der Waals surface area (Å²) in [6, 6.07) is 0. The number of nitrogens with one attached hydrogen (secondary N) is 1. The lowest BCUT2D eigenvalue weighted by Crippen LogP contribution is -2.60. The van der Waals surface area contributed by atoms with Gasteiger partial charge >= 0.3 is 0 Å². The monoisotopic (exact) mass is 870 g/mol. The molecule has 12 heteroatoms. The highest BCUT2D eigenvalue weighted by Crippen LogP contribution is 2.55. The summed E-state index contributed by atoms with van der Waals surface area (Å²) in [4.78, 5) is 56.8. The number of ether oxygens (including phenoxy) is 3. The van der Waals surface area contributed by atoms with Crippen molar-refractivity contribution in [1.29, 1.82) is 0 Å².